The fraction of sp³-hybridized carbons (Fsp3) is 0.111. The Morgan fingerprint density at radius 2 is 2.04 bits per heavy atom. The van der Waals surface area contributed by atoms with E-state index in [9.17, 15) is 9.59 Å². The lowest BCUT2D eigenvalue weighted by molar-refractivity contribution is -0.145. The van der Waals surface area contributed by atoms with Crippen LogP contribution in [0.25, 0.3) is 10.9 Å². The Morgan fingerprint density at radius 3 is 2.88 bits per heavy atom. The van der Waals surface area contributed by atoms with Crippen LogP contribution in [0.1, 0.15) is 11.1 Å². The monoisotopic (exact) mass is 319 g/mol. The van der Waals surface area contributed by atoms with E-state index >= 15 is 0 Å². The van der Waals surface area contributed by atoms with Gasteiger partial charge in [0.1, 0.15) is 13.2 Å². The molecule has 3 rings (SSSR count). The van der Waals surface area contributed by atoms with Gasteiger partial charge < -0.3 is 4.74 Å². The Kier molecular flexibility index (Phi) is 4.34. The highest BCUT2D eigenvalue weighted by molar-refractivity contribution is 5.77. The van der Waals surface area contributed by atoms with E-state index in [0.29, 0.717) is 22.0 Å². The Morgan fingerprint density at radius 1 is 1.21 bits per heavy atom. The average molecular weight is 319 g/mol. The molecule has 118 valence electrons. The summed E-state index contributed by atoms with van der Waals surface area (Å²) in [5.41, 5.74) is 1.51. The maximum Gasteiger partial charge on any atom is 0.326 e. The van der Waals surface area contributed by atoms with Gasteiger partial charge in [0.2, 0.25) is 0 Å². The van der Waals surface area contributed by atoms with Crippen LogP contribution in [0.3, 0.4) is 0 Å². The molecule has 6 nitrogen and oxygen atoms in total. The molecule has 0 radical (unpaired) electrons. The zero-order valence-electron chi connectivity index (χ0n) is 12.7. The summed E-state index contributed by atoms with van der Waals surface area (Å²) in [4.78, 5) is 28.4. The van der Waals surface area contributed by atoms with Crippen molar-refractivity contribution in [3.63, 3.8) is 0 Å². The van der Waals surface area contributed by atoms with Gasteiger partial charge in [0.15, 0.2) is 0 Å². The van der Waals surface area contributed by atoms with Crippen LogP contribution in [0.4, 0.5) is 0 Å². The molecule has 6 heteroatoms. The van der Waals surface area contributed by atoms with Crippen LogP contribution in [-0.4, -0.2) is 15.5 Å². The van der Waals surface area contributed by atoms with Gasteiger partial charge >= 0.3 is 5.97 Å². The normalized spacial score (nSPS) is 10.3. The Hall–Kier alpha value is -3.46. The van der Waals surface area contributed by atoms with Crippen molar-refractivity contribution >= 4 is 16.9 Å². The van der Waals surface area contributed by atoms with Crippen LogP contribution < -0.4 is 5.56 Å². The smallest absolute Gasteiger partial charge is 0.326 e. The van der Waals surface area contributed by atoms with Gasteiger partial charge in [0, 0.05) is 0 Å². The van der Waals surface area contributed by atoms with Crippen LogP contribution >= 0.6 is 0 Å². The third kappa shape index (κ3) is 3.31. The van der Waals surface area contributed by atoms with E-state index in [1.165, 1.54) is 10.9 Å². The summed E-state index contributed by atoms with van der Waals surface area (Å²) in [6.45, 7) is -0.168. The summed E-state index contributed by atoms with van der Waals surface area (Å²) in [6.07, 6.45) is 1.34. The van der Waals surface area contributed by atoms with Crippen LogP contribution in [0.15, 0.2) is 59.7 Å². The molecule has 3 aromatic rings. The van der Waals surface area contributed by atoms with Gasteiger partial charge in [-0.05, 0) is 29.8 Å². The largest absolute Gasteiger partial charge is 0.459 e. The molecule has 0 aliphatic rings. The van der Waals surface area contributed by atoms with Crippen molar-refractivity contribution in [3.8, 4) is 6.07 Å². The van der Waals surface area contributed by atoms with Gasteiger partial charge in [-0.3, -0.25) is 14.2 Å². The number of carbonyl (C=O) groups excluding carboxylic acids is 1. The lowest BCUT2D eigenvalue weighted by Crippen LogP contribution is -2.25. The lowest BCUT2D eigenvalue weighted by atomic mass is 10.1. The van der Waals surface area contributed by atoms with Crippen molar-refractivity contribution in [1.82, 2.24) is 9.55 Å². The van der Waals surface area contributed by atoms with E-state index in [-0.39, 0.29) is 18.7 Å². The predicted octanol–water partition coefficient (Wildman–Crippen LogP) is 2.01. The second-order valence-corrected chi connectivity index (χ2v) is 5.17. The zero-order valence-corrected chi connectivity index (χ0v) is 12.7. The molecule has 0 spiro atoms. The third-order valence-electron chi connectivity index (χ3n) is 3.49. The van der Waals surface area contributed by atoms with Gasteiger partial charge in [0.25, 0.3) is 5.56 Å². The molecule has 0 fully saturated rings. The highest BCUT2D eigenvalue weighted by Gasteiger charge is 2.09. The second-order valence-electron chi connectivity index (χ2n) is 5.17. The molecule has 0 aliphatic carbocycles. The number of rotatable bonds is 4. The van der Waals surface area contributed by atoms with Crippen LogP contribution in [0, 0.1) is 11.3 Å². The van der Waals surface area contributed by atoms with Gasteiger partial charge in [-0.2, -0.15) is 5.26 Å². The van der Waals surface area contributed by atoms with Crippen molar-refractivity contribution in [2.45, 2.75) is 13.2 Å². The van der Waals surface area contributed by atoms with E-state index in [1.54, 1.807) is 48.5 Å². The summed E-state index contributed by atoms with van der Waals surface area (Å²) in [5, 5.41) is 9.30. The van der Waals surface area contributed by atoms with Crippen molar-refractivity contribution in [2.24, 2.45) is 0 Å². The number of aromatic nitrogens is 2. The molecule has 0 unspecified atom stereocenters. The first-order valence-electron chi connectivity index (χ1n) is 7.26. The first kappa shape index (κ1) is 15.4. The molecular weight excluding hydrogens is 306 g/mol. The van der Waals surface area contributed by atoms with Crippen molar-refractivity contribution in [2.75, 3.05) is 0 Å². The van der Waals surface area contributed by atoms with Gasteiger partial charge in [-0.15, -0.1) is 0 Å². The number of para-hydroxylation sites is 1. The predicted molar refractivity (Wildman–Crippen MR) is 87.0 cm³/mol. The number of carbonyl (C=O) groups is 1. The molecule has 24 heavy (non-hydrogen) atoms. The minimum atomic E-state index is -0.545. The second kappa shape index (κ2) is 6.75. The highest BCUT2D eigenvalue weighted by atomic mass is 16.5. The maximum absolute atomic E-state index is 12.3. The number of esters is 1. The Bertz CT molecular complexity index is 1000. The Labute approximate surface area is 137 Å². The van der Waals surface area contributed by atoms with Crippen molar-refractivity contribution < 1.29 is 9.53 Å². The van der Waals surface area contributed by atoms with Crippen LogP contribution in [0.5, 0.6) is 0 Å². The summed E-state index contributed by atoms with van der Waals surface area (Å²) in [7, 11) is 0. The minimum absolute atomic E-state index is 0.0457. The van der Waals surface area contributed by atoms with E-state index in [2.05, 4.69) is 4.98 Å². The Balaban J connectivity index is 1.70. The SMILES string of the molecule is N#Cc1cccc(COC(=O)Cn2cnc3ccccc3c2=O)c1. The van der Waals surface area contributed by atoms with Crippen LogP contribution in [0.2, 0.25) is 0 Å². The molecule has 0 saturated carbocycles. The van der Waals surface area contributed by atoms with Gasteiger partial charge in [0.05, 0.1) is 28.9 Å². The van der Waals surface area contributed by atoms with Crippen LogP contribution in [-0.2, 0) is 22.7 Å². The fourth-order valence-corrected chi connectivity index (χ4v) is 2.30. The number of nitrogens with zero attached hydrogens (tertiary/aromatic N) is 3. The molecule has 1 heterocycles. The number of ether oxygens (including phenoxy) is 1. The first-order chi connectivity index (χ1) is 11.7. The molecule has 0 aliphatic heterocycles. The third-order valence-corrected chi connectivity index (χ3v) is 3.49. The zero-order chi connectivity index (χ0) is 16.9. The fourth-order valence-electron chi connectivity index (χ4n) is 2.30. The van der Waals surface area contributed by atoms with E-state index in [4.69, 9.17) is 10.00 Å². The average Bonchev–Trinajstić information content (AvgIpc) is 2.63. The summed E-state index contributed by atoms with van der Waals surface area (Å²) in [6, 6.07) is 15.8. The number of benzene rings is 2. The van der Waals surface area contributed by atoms with Crippen molar-refractivity contribution in [1.29, 1.82) is 5.26 Å². The quantitative estimate of drug-likeness (QED) is 0.687. The minimum Gasteiger partial charge on any atom is -0.459 e. The highest BCUT2D eigenvalue weighted by Crippen LogP contribution is 2.07. The van der Waals surface area contributed by atoms with E-state index < -0.39 is 5.97 Å². The van der Waals surface area contributed by atoms with Gasteiger partial charge in [-0.25, -0.2) is 4.98 Å². The number of hydrogen-bond donors (Lipinski definition) is 0. The molecule has 1 aromatic heterocycles. The summed E-state index contributed by atoms with van der Waals surface area (Å²) < 4.78 is 6.38. The molecule has 0 atom stereocenters. The molecular formula is C18H13N3O3. The molecule has 0 amide bonds. The lowest BCUT2D eigenvalue weighted by Gasteiger charge is -2.08. The molecule has 2 aromatic carbocycles. The summed E-state index contributed by atoms with van der Waals surface area (Å²) in [5.74, 6) is -0.545. The van der Waals surface area contributed by atoms with Crippen molar-refractivity contribution in [3.05, 3.63) is 76.3 Å². The maximum atomic E-state index is 12.3. The number of nitriles is 1. The van der Waals surface area contributed by atoms with E-state index in [0.717, 1.165) is 0 Å². The molecule has 0 bridgehead atoms. The first-order valence-corrected chi connectivity index (χ1v) is 7.26. The topological polar surface area (TPSA) is 85.0 Å². The van der Waals surface area contributed by atoms with E-state index in [1.807, 2.05) is 6.07 Å². The number of fused-ring (bicyclic) bond motifs is 1. The number of hydrogen-bond acceptors (Lipinski definition) is 5. The standard InChI is InChI=1S/C18H13N3O3/c19-9-13-4-3-5-14(8-13)11-24-17(22)10-21-12-20-16-7-2-1-6-15(16)18(21)23/h1-8,12H,10-11H2. The molecule has 0 saturated heterocycles. The van der Waals surface area contributed by atoms with Gasteiger partial charge in [-0.1, -0.05) is 24.3 Å². The summed E-state index contributed by atoms with van der Waals surface area (Å²) >= 11 is 0. The molecule has 0 N–H and O–H groups in total.